The zero-order valence-corrected chi connectivity index (χ0v) is 13.8. The van der Waals surface area contributed by atoms with Crippen molar-refractivity contribution in [1.29, 1.82) is 0 Å². The zero-order valence-electron chi connectivity index (χ0n) is 13.8. The maximum Gasteiger partial charge on any atom is 0.375 e. The molecule has 1 fully saturated rings. The molecule has 3 rings (SSSR count). The molecule has 1 aliphatic carbocycles. The number of hydrogen-bond donors (Lipinski definition) is 1. The number of methoxy groups -OCH3 is 1. The summed E-state index contributed by atoms with van der Waals surface area (Å²) in [5.41, 5.74) is 1.97. The number of nitrogens with one attached hydrogen (secondary N) is 1. The van der Waals surface area contributed by atoms with Crippen LogP contribution >= 0.6 is 0 Å². The second-order valence-corrected chi connectivity index (χ2v) is 6.17. The Kier molecular flexibility index (Phi) is 4.65. The Bertz CT molecular complexity index is 670. The van der Waals surface area contributed by atoms with E-state index in [1.54, 1.807) is 11.8 Å². The summed E-state index contributed by atoms with van der Waals surface area (Å²) >= 11 is 0. The predicted octanol–water partition coefficient (Wildman–Crippen LogP) is 2.97. The van der Waals surface area contributed by atoms with Crippen LogP contribution in [0.2, 0.25) is 0 Å². The lowest BCUT2D eigenvalue weighted by Gasteiger charge is -2.22. The molecule has 1 aliphatic rings. The van der Waals surface area contributed by atoms with Gasteiger partial charge in [0.2, 0.25) is 11.9 Å². The van der Waals surface area contributed by atoms with E-state index in [4.69, 9.17) is 4.74 Å². The standard InChI is InChI=1S/C18H23N3O2/c1-14-12-20(16-8-10-17(23-2)11-9-16)21(13-14)18(22)19-15-6-4-3-5-7-15/h8-13,15H,3-7H2,1-2H3/p+1. The average Bonchev–Trinajstić information content (AvgIpc) is 2.98. The molecular weight excluding hydrogens is 290 g/mol. The minimum atomic E-state index is -0.0687. The van der Waals surface area contributed by atoms with E-state index in [0.29, 0.717) is 6.04 Å². The summed E-state index contributed by atoms with van der Waals surface area (Å²) in [6.45, 7) is 1.99. The lowest BCUT2D eigenvalue weighted by atomic mass is 9.96. The summed E-state index contributed by atoms with van der Waals surface area (Å²) in [6, 6.07) is 7.91. The number of carbonyl (C=O) groups excluding carboxylic acids is 1. The fraction of sp³-hybridized carbons (Fsp3) is 0.444. The Morgan fingerprint density at radius 3 is 2.57 bits per heavy atom. The molecule has 1 amide bonds. The molecule has 5 heteroatoms. The Labute approximate surface area is 136 Å². The largest absolute Gasteiger partial charge is 0.497 e. The van der Waals surface area contributed by atoms with Crippen molar-refractivity contribution in [2.45, 2.75) is 45.1 Å². The van der Waals surface area contributed by atoms with E-state index in [-0.39, 0.29) is 6.03 Å². The SMILES string of the molecule is COc1ccc(-[n+]2cc(C)cn2C(=O)NC2CCCCC2)cc1. The molecule has 1 heterocycles. The second kappa shape index (κ2) is 6.86. The van der Waals surface area contributed by atoms with Gasteiger partial charge in [-0.3, -0.25) is 0 Å². The number of carbonyl (C=O) groups is 1. The van der Waals surface area contributed by atoms with E-state index in [0.717, 1.165) is 29.8 Å². The third-order valence-electron chi connectivity index (χ3n) is 4.36. The summed E-state index contributed by atoms with van der Waals surface area (Å²) in [6.07, 6.45) is 9.66. The minimum Gasteiger partial charge on any atom is -0.497 e. The van der Waals surface area contributed by atoms with Crippen molar-refractivity contribution in [2.24, 2.45) is 0 Å². The highest BCUT2D eigenvalue weighted by molar-refractivity contribution is 5.75. The van der Waals surface area contributed by atoms with Crippen LogP contribution in [0.4, 0.5) is 4.79 Å². The summed E-state index contributed by atoms with van der Waals surface area (Å²) < 4.78 is 8.71. The van der Waals surface area contributed by atoms with E-state index in [2.05, 4.69) is 5.32 Å². The van der Waals surface area contributed by atoms with Gasteiger partial charge in [-0.2, -0.15) is 0 Å². The molecule has 1 saturated carbocycles. The molecule has 0 spiro atoms. The first-order chi connectivity index (χ1) is 11.2. The third-order valence-corrected chi connectivity index (χ3v) is 4.36. The molecule has 5 nitrogen and oxygen atoms in total. The monoisotopic (exact) mass is 314 g/mol. The molecular formula is C18H24N3O2+. The van der Waals surface area contributed by atoms with Crippen molar-refractivity contribution in [3.05, 3.63) is 42.2 Å². The minimum absolute atomic E-state index is 0.0687. The number of nitrogens with zero attached hydrogens (tertiary/aromatic N) is 2. The highest BCUT2D eigenvalue weighted by Gasteiger charge is 2.23. The number of ether oxygens (including phenoxy) is 1. The van der Waals surface area contributed by atoms with Crippen molar-refractivity contribution in [3.63, 3.8) is 0 Å². The molecule has 0 bridgehead atoms. The van der Waals surface area contributed by atoms with Crippen LogP contribution in [0, 0.1) is 6.92 Å². The van der Waals surface area contributed by atoms with Gasteiger partial charge in [-0.1, -0.05) is 28.6 Å². The molecule has 0 unspecified atom stereocenters. The molecule has 0 radical (unpaired) electrons. The lowest BCUT2D eigenvalue weighted by molar-refractivity contribution is -0.672. The highest BCUT2D eigenvalue weighted by atomic mass is 16.5. The number of amides is 1. The van der Waals surface area contributed by atoms with Gasteiger partial charge in [0, 0.05) is 23.7 Å². The van der Waals surface area contributed by atoms with Crippen molar-refractivity contribution in [1.82, 2.24) is 10.00 Å². The van der Waals surface area contributed by atoms with E-state index in [1.165, 1.54) is 19.3 Å². The average molecular weight is 314 g/mol. The molecule has 0 saturated heterocycles. The Hall–Kier alpha value is -2.30. The van der Waals surface area contributed by atoms with Crippen molar-refractivity contribution < 1.29 is 14.2 Å². The molecule has 23 heavy (non-hydrogen) atoms. The fourth-order valence-electron chi connectivity index (χ4n) is 3.12. The van der Waals surface area contributed by atoms with Crippen LogP contribution in [-0.2, 0) is 0 Å². The van der Waals surface area contributed by atoms with Gasteiger partial charge >= 0.3 is 6.03 Å². The lowest BCUT2D eigenvalue weighted by Crippen LogP contribution is -2.49. The Balaban J connectivity index is 1.82. The Morgan fingerprint density at radius 2 is 1.91 bits per heavy atom. The van der Waals surface area contributed by atoms with Crippen LogP contribution in [0.25, 0.3) is 5.69 Å². The van der Waals surface area contributed by atoms with Crippen LogP contribution in [0.1, 0.15) is 37.7 Å². The summed E-state index contributed by atoms with van der Waals surface area (Å²) in [7, 11) is 1.65. The third kappa shape index (κ3) is 3.55. The van der Waals surface area contributed by atoms with Crippen LogP contribution in [0.5, 0.6) is 5.75 Å². The fourth-order valence-corrected chi connectivity index (χ4v) is 3.12. The second-order valence-electron chi connectivity index (χ2n) is 6.17. The van der Waals surface area contributed by atoms with Gasteiger partial charge in [0.25, 0.3) is 0 Å². The normalized spacial score (nSPS) is 15.4. The van der Waals surface area contributed by atoms with E-state index < -0.39 is 0 Å². The number of benzene rings is 1. The first kappa shape index (κ1) is 15.6. The highest BCUT2D eigenvalue weighted by Crippen LogP contribution is 2.17. The molecule has 1 aromatic carbocycles. The van der Waals surface area contributed by atoms with Crippen molar-refractivity contribution in [3.8, 4) is 11.4 Å². The molecule has 2 aromatic rings. The van der Waals surface area contributed by atoms with Crippen LogP contribution < -0.4 is 14.7 Å². The first-order valence-corrected chi connectivity index (χ1v) is 8.23. The van der Waals surface area contributed by atoms with Gasteiger partial charge < -0.3 is 10.1 Å². The van der Waals surface area contributed by atoms with Gasteiger partial charge in [-0.05, 0) is 31.9 Å². The quantitative estimate of drug-likeness (QED) is 0.885. The topological polar surface area (TPSA) is 47.1 Å². The van der Waals surface area contributed by atoms with Crippen LogP contribution in [0.15, 0.2) is 36.7 Å². The summed E-state index contributed by atoms with van der Waals surface area (Å²) in [5, 5.41) is 3.16. The van der Waals surface area contributed by atoms with Crippen LogP contribution in [-0.4, -0.2) is 23.9 Å². The summed E-state index contributed by atoms with van der Waals surface area (Å²) in [4.78, 5) is 12.6. The number of aromatic nitrogens is 2. The van der Waals surface area contributed by atoms with Gasteiger partial charge in [-0.15, -0.1) is 0 Å². The van der Waals surface area contributed by atoms with Crippen LogP contribution in [0.3, 0.4) is 0 Å². The molecule has 1 aromatic heterocycles. The number of hydrogen-bond acceptors (Lipinski definition) is 2. The molecule has 0 aliphatic heterocycles. The zero-order chi connectivity index (χ0) is 16.2. The maximum absolute atomic E-state index is 12.6. The molecule has 1 N–H and O–H groups in total. The maximum atomic E-state index is 12.6. The van der Waals surface area contributed by atoms with Gasteiger partial charge in [0.1, 0.15) is 5.75 Å². The van der Waals surface area contributed by atoms with Gasteiger partial charge in [0.15, 0.2) is 0 Å². The molecule has 122 valence electrons. The summed E-state index contributed by atoms with van der Waals surface area (Å²) in [5.74, 6) is 0.802. The van der Waals surface area contributed by atoms with Gasteiger partial charge in [0.05, 0.1) is 13.3 Å². The number of aryl methyl sites for hydroxylation is 1. The van der Waals surface area contributed by atoms with Crippen molar-refractivity contribution in [2.75, 3.05) is 7.11 Å². The predicted molar refractivity (Wildman–Crippen MR) is 88.1 cm³/mol. The van der Waals surface area contributed by atoms with E-state index >= 15 is 0 Å². The Morgan fingerprint density at radius 1 is 1.22 bits per heavy atom. The van der Waals surface area contributed by atoms with Gasteiger partial charge in [-0.25, -0.2) is 4.79 Å². The molecule has 0 atom stereocenters. The van der Waals surface area contributed by atoms with E-state index in [1.807, 2.05) is 48.3 Å². The van der Waals surface area contributed by atoms with E-state index in [9.17, 15) is 4.79 Å². The smallest absolute Gasteiger partial charge is 0.375 e. The first-order valence-electron chi connectivity index (χ1n) is 8.23. The van der Waals surface area contributed by atoms with Crippen molar-refractivity contribution >= 4 is 6.03 Å². The number of rotatable bonds is 3.